The van der Waals surface area contributed by atoms with Crippen LogP contribution in [-0.4, -0.2) is 51.9 Å². The number of nitrogens with zero attached hydrogens (tertiary/aromatic N) is 5. The van der Waals surface area contributed by atoms with E-state index in [1.165, 1.54) is 0 Å². The summed E-state index contributed by atoms with van der Waals surface area (Å²) >= 11 is 0. The van der Waals surface area contributed by atoms with E-state index in [0.29, 0.717) is 55.9 Å². The topological polar surface area (TPSA) is 93.7 Å². The van der Waals surface area contributed by atoms with Crippen molar-refractivity contribution in [2.45, 2.75) is 38.3 Å². The molecule has 9 nitrogen and oxygen atoms in total. The van der Waals surface area contributed by atoms with Gasteiger partial charge >= 0.3 is 0 Å². The van der Waals surface area contributed by atoms with E-state index >= 15 is 0 Å². The van der Waals surface area contributed by atoms with Crippen molar-refractivity contribution < 1.29 is 18.8 Å². The second kappa shape index (κ2) is 7.81. The van der Waals surface area contributed by atoms with Gasteiger partial charge in [0.05, 0.1) is 31.8 Å². The van der Waals surface area contributed by atoms with Gasteiger partial charge in [0.25, 0.3) is 5.91 Å². The van der Waals surface area contributed by atoms with Crippen molar-refractivity contribution in [3.05, 3.63) is 59.6 Å². The Labute approximate surface area is 185 Å². The summed E-state index contributed by atoms with van der Waals surface area (Å²) in [5, 5.41) is 8.60. The highest BCUT2D eigenvalue weighted by molar-refractivity contribution is 5.95. The number of likely N-dealkylation sites (tertiary alicyclic amines) is 1. The second-order valence-corrected chi connectivity index (χ2v) is 8.43. The Morgan fingerprint density at radius 3 is 2.59 bits per heavy atom. The quantitative estimate of drug-likeness (QED) is 0.626. The number of piperidine rings is 1. The summed E-state index contributed by atoms with van der Waals surface area (Å²) in [7, 11) is 1.60. The van der Waals surface area contributed by atoms with Crippen molar-refractivity contribution in [3.63, 3.8) is 0 Å². The third-order valence-corrected chi connectivity index (χ3v) is 6.45. The minimum atomic E-state index is -0.414. The number of benzene rings is 1. The molecule has 1 aromatic carbocycles. The first-order chi connectivity index (χ1) is 15.5. The van der Waals surface area contributed by atoms with E-state index in [4.69, 9.17) is 9.26 Å². The average Bonchev–Trinajstić information content (AvgIpc) is 3.46. The summed E-state index contributed by atoms with van der Waals surface area (Å²) in [4.78, 5) is 29.7. The van der Waals surface area contributed by atoms with Gasteiger partial charge in [0, 0.05) is 30.8 Å². The van der Waals surface area contributed by atoms with E-state index in [1.54, 1.807) is 42.5 Å². The number of ether oxygens (including phenoxy) is 1. The number of carbonyl (C=O) groups excluding carboxylic acids is 2. The molecule has 0 N–H and O–H groups in total. The van der Waals surface area contributed by atoms with Crippen molar-refractivity contribution in [1.29, 1.82) is 0 Å². The molecule has 0 saturated carbocycles. The number of hydrogen-bond donors (Lipinski definition) is 0. The molecule has 0 radical (unpaired) electrons. The van der Waals surface area contributed by atoms with Crippen LogP contribution >= 0.6 is 0 Å². The van der Waals surface area contributed by atoms with Gasteiger partial charge in [0.1, 0.15) is 23.0 Å². The van der Waals surface area contributed by atoms with E-state index in [9.17, 15) is 9.59 Å². The molecule has 0 unspecified atom stereocenters. The fourth-order valence-corrected chi connectivity index (χ4v) is 4.70. The number of carbonyl (C=O) groups is 2. The van der Waals surface area contributed by atoms with Gasteiger partial charge in [0.15, 0.2) is 0 Å². The van der Waals surface area contributed by atoms with E-state index < -0.39 is 5.54 Å². The highest BCUT2D eigenvalue weighted by atomic mass is 16.5. The van der Waals surface area contributed by atoms with Crippen LogP contribution in [-0.2, 0) is 16.9 Å². The van der Waals surface area contributed by atoms with Crippen LogP contribution in [0.2, 0.25) is 0 Å². The van der Waals surface area contributed by atoms with E-state index in [2.05, 4.69) is 10.3 Å². The molecule has 2 amide bonds. The van der Waals surface area contributed by atoms with Crippen molar-refractivity contribution in [2.75, 3.05) is 25.1 Å². The normalized spacial score (nSPS) is 17.5. The van der Waals surface area contributed by atoms with Gasteiger partial charge in [-0.05, 0) is 44.0 Å². The molecule has 2 aromatic heterocycles. The molecule has 4 heterocycles. The fourth-order valence-electron chi connectivity index (χ4n) is 4.70. The van der Waals surface area contributed by atoms with Crippen LogP contribution in [0.5, 0.6) is 5.75 Å². The maximum Gasteiger partial charge on any atom is 0.253 e. The van der Waals surface area contributed by atoms with Crippen molar-refractivity contribution in [1.82, 2.24) is 19.8 Å². The predicted molar refractivity (Wildman–Crippen MR) is 115 cm³/mol. The maximum atomic E-state index is 13.2. The molecule has 2 aliphatic rings. The summed E-state index contributed by atoms with van der Waals surface area (Å²) in [6, 6.07) is 10.8. The van der Waals surface area contributed by atoms with Gasteiger partial charge < -0.3 is 14.2 Å². The average molecular weight is 435 g/mol. The minimum absolute atomic E-state index is 0.00615. The number of aryl methyl sites for hydroxylation is 1. The first kappa shape index (κ1) is 20.3. The Kier molecular flexibility index (Phi) is 4.96. The van der Waals surface area contributed by atoms with Crippen LogP contribution in [0.15, 0.2) is 47.1 Å². The lowest BCUT2D eigenvalue weighted by molar-refractivity contribution is -0.123. The Morgan fingerprint density at radius 2 is 1.94 bits per heavy atom. The number of amides is 2. The molecular weight excluding hydrogens is 410 g/mol. The number of hydrogen-bond acceptors (Lipinski definition) is 6. The van der Waals surface area contributed by atoms with Gasteiger partial charge in [-0.15, -0.1) is 0 Å². The molecule has 1 saturated heterocycles. The van der Waals surface area contributed by atoms with Gasteiger partial charge in [-0.1, -0.05) is 5.16 Å². The number of rotatable bonds is 4. The molecule has 1 fully saturated rings. The Balaban J connectivity index is 1.33. The molecular formula is C23H25N5O4. The molecule has 3 aromatic rings. The lowest BCUT2D eigenvalue weighted by atomic mass is 9.82. The first-order valence-electron chi connectivity index (χ1n) is 10.7. The molecule has 1 spiro atoms. The Hall–Kier alpha value is -3.62. The van der Waals surface area contributed by atoms with Gasteiger partial charge in [0.2, 0.25) is 5.91 Å². The second-order valence-electron chi connectivity index (χ2n) is 8.43. The highest BCUT2D eigenvalue weighted by Gasteiger charge is 2.46. The fraction of sp³-hybridized carbons (Fsp3) is 0.391. The first-order valence-corrected chi connectivity index (χ1v) is 10.7. The molecule has 32 heavy (non-hydrogen) atoms. The van der Waals surface area contributed by atoms with Crippen LogP contribution < -0.4 is 9.64 Å². The van der Waals surface area contributed by atoms with Crippen molar-refractivity contribution >= 4 is 17.6 Å². The number of aromatic nitrogens is 3. The summed E-state index contributed by atoms with van der Waals surface area (Å²) in [6.07, 6.45) is 3.42. The maximum absolute atomic E-state index is 13.2. The lowest BCUT2D eigenvalue weighted by Gasteiger charge is -2.46. The lowest BCUT2D eigenvalue weighted by Crippen LogP contribution is -2.54. The van der Waals surface area contributed by atoms with Crippen LogP contribution in [0.4, 0.5) is 5.82 Å². The van der Waals surface area contributed by atoms with Crippen LogP contribution in [0.1, 0.15) is 41.1 Å². The van der Waals surface area contributed by atoms with Crippen LogP contribution in [0, 0.1) is 6.92 Å². The standard InChI is InChI=1S/C23H25N5O4/c1-16-13-18(25-32-16)15-27-20-7-10-24-28(20)23(14-21(27)29)8-11-26(12-9-23)22(30)17-3-5-19(31-2)6-4-17/h3-7,10,13H,8-9,11-12,14-15H2,1-2H3. The monoisotopic (exact) mass is 435 g/mol. The van der Waals surface area contributed by atoms with Crippen molar-refractivity contribution in [2.24, 2.45) is 0 Å². The largest absolute Gasteiger partial charge is 0.497 e. The molecule has 0 atom stereocenters. The summed E-state index contributed by atoms with van der Waals surface area (Å²) in [5.41, 5.74) is 0.929. The number of anilines is 1. The van der Waals surface area contributed by atoms with Crippen LogP contribution in [0.3, 0.4) is 0 Å². The third-order valence-electron chi connectivity index (χ3n) is 6.45. The van der Waals surface area contributed by atoms with E-state index in [1.807, 2.05) is 28.6 Å². The summed E-state index contributed by atoms with van der Waals surface area (Å²) < 4.78 is 12.3. The molecule has 2 aliphatic heterocycles. The molecule has 5 rings (SSSR count). The molecule has 0 aliphatic carbocycles. The zero-order valence-electron chi connectivity index (χ0n) is 18.2. The smallest absolute Gasteiger partial charge is 0.253 e. The number of fused-ring (bicyclic) bond motifs is 2. The summed E-state index contributed by atoms with van der Waals surface area (Å²) in [5.74, 6) is 2.22. The van der Waals surface area contributed by atoms with Gasteiger partial charge in [-0.25, -0.2) is 4.68 Å². The zero-order valence-corrected chi connectivity index (χ0v) is 18.2. The summed E-state index contributed by atoms with van der Waals surface area (Å²) in [6.45, 7) is 3.31. The highest BCUT2D eigenvalue weighted by Crippen LogP contribution is 2.41. The van der Waals surface area contributed by atoms with E-state index in [0.717, 1.165) is 11.6 Å². The Bertz CT molecular complexity index is 1140. The van der Waals surface area contributed by atoms with E-state index in [-0.39, 0.29) is 11.8 Å². The minimum Gasteiger partial charge on any atom is -0.497 e. The molecule has 9 heteroatoms. The Morgan fingerprint density at radius 1 is 1.19 bits per heavy atom. The SMILES string of the molecule is COc1ccc(C(=O)N2CCC3(CC2)CC(=O)N(Cc2cc(C)on2)c2ccnn23)cc1. The molecule has 0 bridgehead atoms. The van der Waals surface area contributed by atoms with Gasteiger partial charge in [-0.2, -0.15) is 5.10 Å². The molecule has 166 valence electrons. The zero-order chi connectivity index (χ0) is 22.3. The third kappa shape index (κ3) is 3.43. The predicted octanol–water partition coefficient (Wildman–Crippen LogP) is 2.76. The van der Waals surface area contributed by atoms with Crippen molar-refractivity contribution in [3.8, 4) is 5.75 Å². The van der Waals surface area contributed by atoms with Crippen LogP contribution in [0.25, 0.3) is 0 Å². The number of methoxy groups -OCH3 is 1. The van der Waals surface area contributed by atoms with Gasteiger partial charge in [-0.3, -0.25) is 14.5 Å².